The van der Waals surface area contributed by atoms with Crippen molar-refractivity contribution in [3.8, 4) is 0 Å². The van der Waals surface area contributed by atoms with Gasteiger partial charge in [0.15, 0.2) is 0 Å². The molecule has 5 nitrogen and oxygen atoms in total. The van der Waals surface area contributed by atoms with Gasteiger partial charge in [0.05, 0.1) is 0 Å². The first kappa shape index (κ1) is 16.7. The third-order valence-electron chi connectivity index (χ3n) is 2.90. The molecule has 2 N–H and O–H groups in total. The Morgan fingerprint density at radius 2 is 1.75 bits per heavy atom. The van der Waals surface area contributed by atoms with Crippen LogP contribution in [0, 0.1) is 0 Å². The molecule has 5 heteroatoms. The zero-order valence-corrected chi connectivity index (χ0v) is 13.0. The second kappa shape index (κ2) is 10.4. The van der Waals surface area contributed by atoms with Gasteiger partial charge >= 0.3 is 0 Å². The van der Waals surface area contributed by atoms with Gasteiger partial charge in [-0.1, -0.05) is 20.3 Å². The van der Waals surface area contributed by atoms with E-state index in [9.17, 15) is 0 Å². The number of nitrogens with zero attached hydrogens (tertiary/aromatic N) is 2. The molecule has 114 valence electrons. The molecule has 20 heavy (non-hydrogen) atoms. The second-order valence-electron chi connectivity index (χ2n) is 4.72. The highest BCUT2D eigenvalue weighted by Crippen LogP contribution is 2.21. The summed E-state index contributed by atoms with van der Waals surface area (Å²) in [5.41, 5.74) is 1.19. The van der Waals surface area contributed by atoms with Crippen LogP contribution in [-0.2, 0) is 11.2 Å². The standard InChI is InChI=1S/C15H28N4O/c1-4-8-13-14(16-6-3)18-12-19-15(13)17-9-7-11-20-10-5-2/h12H,4-11H2,1-3H3,(H2,16,17,18,19). The van der Waals surface area contributed by atoms with Crippen LogP contribution in [0.5, 0.6) is 0 Å². The van der Waals surface area contributed by atoms with E-state index in [2.05, 4.69) is 41.4 Å². The van der Waals surface area contributed by atoms with E-state index in [1.165, 1.54) is 5.56 Å². The molecule has 0 saturated carbocycles. The number of hydrogen-bond donors (Lipinski definition) is 2. The monoisotopic (exact) mass is 280 g/mol. The molecule has 0 aromatic carbocycles. The number of rotatable bonds is 11. The Hall–Kier alpha value is -1.36. The van der Waals surface area contributed by atoms with E-state index in [0.717, 1.165) is 63.6 Å². The van der Waals surface area contributed by atoms with Gasteiger partial charge in [-0.2, -0.15) is 0 Å². The summed E-state index contributed by atoms with van der Waals surface area (Å²) in [6, 6.07) is 0. The van der Waals surface area contributed by atoms with Crippen LogP contribution in [0.4, 0.5) is 11.6 Å². The van der Waals surface area contributed by atoms with Crippen molar-refractivity contribution in [3.05, 3.63) is 11.9 Å². The summed E-state index contributed by atoms with van der Waals surface area (Å²) in [7, 11) is 0. The topological polar surface area (TPSA) is 59.1 Å². The minimum absolute atomic E-state index is 0.801. The minimum atomic E-state index is 0.801. The van der Waals surface area contributed by atoms with Crippen molar-refractivity contribution in [3.63, 3.8) is 0 Å². The van der Waals surface area contributed by atoms with Crippen LogP contribution in [0.1, 0.15) is 45.6 Å². The maximum absolute atomic E-state index is 5.48. The molecule has 0 atom stereocenters. The van der Waals surface area contributed by atoms with E-state index in [1.807, 2.05) is 0 Å². The van der Waals surface area contributed by atoms with Crippen LogP contribution in [0.3, 0.4) is 0 Å². The fourth-order valence-corrected chi connectivity index (χ4v) is 2.00. The lowest BCUT2D eigenvalue weighted by Gasteiger charge is -2.14. The summed E-state index contributed by atoms with van der Waals surface area (Å²) >= 11 is 0. The van der Waals surface area contributed by atoms with Gasteiger partial charge in [-0.3, -0.25) is 0 Å². The number of nitrogens with one attached hydrogen (secondary N) is 2. The van der Waals surface area contributed by atoms with Crippen molar-refractivity contribution in [2.75, 3.05) is 36.9 Å². The average Bonchev–Trinajstić information content (AvgIpc) is 2.46. The Morgan fingerprint density at radius 1 is 1.00 bits per heavy atom. The summed E-state index contributed by atoms with van der Waals surface area (Å²) < 4.78 is 5.48. The van der Waals surface area contributed by atoms with E-state index < -0.39 is 0 Å². The predicted molar refractivity (Wildman–Crippen MR) is 84.4 cm³/mol. The summed E-state index contributed by atoms with van der Waals surface area (Å²) in [5, 5.41) is 6.71. The van der Waals surface area contributed by atoms with Crippen LogP contribution in [0.2, 0.25) is 0 Å². The zero-order valence-electron chi connectivity index (χ0n) is 13.0. The van der Waals surface area contributed by atoms with Gasteiger partial charge in [0.25, 0.3) is 0 Å². The summed E-state index contributed by atoms with van der Waals surface area (Å²) in [5.74, 6) is 1.90. The molecular formula is C15H28N4O. The molecule has 0 amide bonds. The smallest absolute Gasteiger partial charge is 0.134 e. The highest BCUT2D eigenvalue weighted by Gasteiger charge is 2.09. The number of ether oxygens (including phenoxy) is 1. The maximum atomic E-state index is 5.48. The zero-order chi connectivity index (χ0) is 14.6. The molecule has 0 aliphatic carbocycles. The first-order chi connectivity index (χ1) is 9.83. The molecule has 0 bridgehead atoms. The minimum Gasteiger partial charge on any atom is -0.381 e. The van der Waals surface area contributed by atoms with Crippen LogP contribution in [0.15, 0.2) is 6.33 Å². The summed E-state index contributed by atoms with van der Waals surface area (Å²) in [6.07, 6.45) is 5.75. The lowest BCUT2D eigenvalue weighted by Crippen LogP contribution is -2.12. The first-order valence-electron chi connectivity index (χ1n) is 7.72. The van der Waals surface area contributed by atoms with Gasteiger partial charge < -0.3 is 15.4 Å². The molecule has 1 aromatic rings. The Kier molecular flexibility index (Phi) is 8.71. The number of hydrogen-bond acceptors (Lipinski definition) is 5. The number of aromatic nitrogens is 2. The predicted octanol–water partition coefficient (Wildman–Crippen LogP) is 3.09. The Morgan fingerprint density at radius 3 is 2.40 bits per heavy atom. The molecule has 1 aromatic heterocycles. The Bertz CT molecular complexity index is 371. The SMILES string of the molecule is CCCOCCCNc1ncnc(NCC)c1CCC. The maximum Gasteiger partial charge on any atom is 0.134 e. The first-order valence-corrected chi connectivity index (χ1v) is 7.72. The molecule has 0 spiro atoms. The van der Waals surface area contributed by atoms with E-state index in [0.29, 0.717) is 0 Å². The van der Waals surface area contributed by atoms with Gasteiger partial charge in [0.2, 0.25) is 0 Å². The molecule has 0 radical (unpaired) electrons. The average molecular weight is 280 g/mol. The number of anilines is 2. The van der Waals surface area contributed by atoms with E-state index in [-0.39, 0.29) is 0 Å². The van der Waals surface area contributed by atoms with E-state index in [4.69, 9.17) is 4.74 Å². The van der Waals surface area contributed by atoms with Crippen molar-refractivity contribution in [1.29, 1.82) is 0 Å². The second-order valence-corrected chi connectivity index (χ2v) is 4.72. The quantitative estimate of drug-likeness (QED) is 0.610. The normalized spacial score (nSPS) is 10.6. The Labute approximate surface area is 122 Å². The van der Waals surface area contributed by atoms with Crippen LogP contribution >= 0.6 is 0 Å². The molecule has 0 saturated heterocycles. The van der Waals surface area contributed by atoms with Crippen molar-refractivity contribution >= 4 is 11.6 Å². The summed E-state index contributed by atoms with van der Waals surface area (Å²) in [4.78, 5) is 8.70. The largest absolute Gasteiger partial charge is 0.381 e. The van der Waals surface area contributed by atoms with Crippen LogP contribution < -0.4 is 10.6 Å². The lowest BCUT2D eigenvalue weighted by molar-refractivity contribution is 0.134. The van der Waals surface area contributed by atoms with Crippen molar-refractivity contribution < 1.29 is 4.74 Å². The fraction of sp³-hybridized carbons (Fsp3) is 0.733. The molecule has 1 rings (SSSR count). The van der Waals surface area contributed by atoms with Crippen LogP contribution in [-0.4, -0.2) is 36.3 Å². The third-order valence-corrected chi connectivity index (χ3v) is 2.90. The molecule has 0 aliphatic rings. The highest BCUT2D eigenvalue weighted by molar-refractivity contribution is 5.57. The molecule has 0 unspecified atom stereocenters. The van der Waals surface area contributed by atoms with Gasteiger partial charge in [-0.15, -0.1) is 0 Å². The van der Waals surface area contributed by atoms with Gasteiger partial charge in [0, 0.05) is 31.9 Å². The van der Waals surface area contributed by atoms with E-state index >= 15 is 0 Å². The fourth-order valence-electron chi connectivity index (χ4n) is 2.00. The van der Waals surface area contributed by atoms with Crippen molar-refractivity contribution in [1.82, 2.24) is 9.97 Å². The molecule has 1 heterocycles. The Balaban J connectivity index is 2.52. The molecule has 0 aliphatic heterocycles. The van der Waals surface area contributed by atoms with Crippen LogP contribution in [0.25, 0.3) is 0 Å². The van der Waals surface area contributed by atoms with Gasteiger partial charge in [-0.25, -0.2) is 9.97 Å². The van der Waals surface area contributed by atoms with Gasteiger partial charge in [0.1, 0.15) is 18.0 Å². The van der Waals surface area contributed by atoms with Crippen molar-refractivity contribution in [2.24, 2.45) is 0 Å². The highest BCUT2D eigenvalue weighted by atomic mass is 16.5. The van der Waals surface area contributed by atoms with Crippen molar-refractivity contribution in [2.45, 2.75) is 46.5 Å². The van der Waals surface area contributed by atoms with Gasteiger partial charge in [-0.05, 0) is 26.2 Å². The molecule has 0 fully saturated rings. The summed E-state index contributed by atoms with van der Waals surface area (Å²) in [6.45, 7) is 9.77. The molecular weight excluding hydrogens is 252 g/mol. The third kappa shape index (κ3) is 5.74. The lowest BCUT2D eigenvalue weighted by atomic mass is 10.1. The van der Waals surface area contributed by atoms with E-state index in [1.54, 1.807) is 6.33 Å².